The molecule has 0 rings (SSSR count). The Kier molecular flexibility index (Phi) is 5.28. The van der Waals surface area contributed by atoms with Gasteiger partial charge in [-0.25, -0.2) is 4.79 Å². The molecule has 0 unspecified atom stereocenters. The predicted octanol–water partition coefficient (Wildman–Crippen LogP) is -0.703. The molecule has 0 aliphatic carbocycles. The number of carboxylic acid groups (broad SMARTS) is 1. The first-order chi connectivity index (χ1) is 6.49. The highest BCUT2D eigenvalue weighted by Gasteiger charge is 2.11. The third-order valence-corrected chi connectivity index (χ3v) is 1.76. The topological polar surface area (TPSA) is 96.0 Å². The number of Topliss-reactive ketones (excluding diaryl/α,β-unsaturated/α-hetero) is 1. The average Bonchev–Trinajstić information content (AvgIpc) is 2.15. The summed E-state index contributed by atoms with van der Waals surface area (Å²) in [5.74, 6) is -1.79. The zero-order chi connectivity index (χ0) is 11.1. The number of nitrogens with two attached hydrogens (primary N) is 1. The SMILES string of the molecule is CN=C(N)N(C)CCCC(=O)C(=O)O. The number of carbonyl (C=O) groups excluding carboxylic acids is 1. The first-order valence-electron chi connectivity index (χ1n) is 4.18. The maximum atomic E-state index is 10.7. The van der Waals surface area contributed by atoms with Gasteiger partial charge in [0.2, 0.25) is 5.78 Å². The van der Waals surface area contributed by atoms with Crippen molar-refractivity contribution in [2.24, 2.45) is 10.7 Å². The second kappa shape index (κ2) is 5.95. The van der Waals surface area contributed by atoms with Crippen LogP contribution in [0.1, 0.15) is 12.8 Å². The van der Waals surface area contributed by atoms with Crippen LogP contribution in [-0.4, -0.2) is 48.4 Å². The van der Waals surface area contributed by atoms with Crippen LogP contribution in [0.15, 0.2) is 4.99 Å². The summed E-state index contributed by atoms with van der Waals surface area (Å²) in [5.41, 5.74) is 5.47. The van der Waals surface area contributed by atoms with E-state index in [1.165, 1.54) is 0 Å². The molecule has 0 atom stereocenters. The summed E-state index contributed by atoms with van der Waals surface area (Å²) in [6.07, 6.45) is 0.481. The van der Waals surface area contributed by atoms with E-state index in [1.807, 2.05) is 0 Å². The van der Waals surface area contributed by atoms with E-state index < -0.39 is 11.8 Å². The molecule has 6 nitrogen and oxygen atoms in total. The average molecular weight is 201 g/mol. The van der Waals surface area contributed by atoms with Crippen molar-refractivity contribution in [1.82, 2.24) is 4.90 Å². The Balaban J connectivity index is 3.75. The monoisotopic (exact) mass is 201 g/mol. The van der Waals surface area contributed by atoms with Crippen LogP contribution in [0, 0.1) is 0 Å². The van der Waals surface area contributed by atoms with Crippen LogP contribution in [0.3, 0.4) is 0 Å². The molecule has 6 heteroatoms. The summed E-state index contributed by atoms with van der Waals surface area (Å²) in [6, 6.07) is 0. The number of ketones is 1. The highest BCUT2D eigenvalue weighted by atomic mass is 16.4. The molecule has 0 bridgehead atoms. The molecule has 80 valence electrons. The van der Waals surface area contributed by atoms with Gasteiger partial charge in [0.25, 0.3) is 0 Å². The van der Waals surface area contributed by atoms with Gasteiger partial charge in [0.05, 0.1) is 0 Å². The van der Waals surface area contributed by atoms with Crippen LogP contribution < -0.4 is 5.73 Å². The Morgan fingerprint density at radius 1 is 1.50 bits per heavy atom. The van der Waals surface area contributed by atoms with Gasteiger partial charge in [-0.3, -0.25) is 9.79 Å². The van der Waals surface area contributed by atoms with Crippen molar-refractivity contribution in [2.45, 2.75) is 12.8 Å². The van der Waals surface area contributed by atoms with Gasteiger partial charge < -0.3 is 15.7 Å². The van der Waals surface area contributed by atoms with Crippen molar-refractivity contribution < 1.29 is 14.7 Å². The molecule has 0 radical (unpaired) electrons. The summed E-state index contributed by atoms with van der Waals surface area (Å²) in [7, 11) is 3.29. The van der Waals surface area contributed by atoms with Gasteiger partial charge >= 0.3 is 5.97 Å². The molecular formula is C8H15N3O3. The van der Waals surface area contributed by atoms with E-state index in [-0.39, 0.29) is 6.42 Å². The fourth-order valence-corrected chi connectivity index (χ4v) is 0.869. The molecule has 0 amide bonds. The maximum Gasteiger partial charge on any atom is 0.372 e. The number of guanidine groups is 1. The second-order valence-electron chi connectivity index (χ2n) is 2.84. The zero-order valence-corrected chi connectivity index (χ0v) is 8.36. The van der Waals surface area contributed by atoms with Crippen molar-refractivity contribution in [1.29, 1.82) is 0 Å². The number of aliphatic carboxylic acids is 1. The van der Waals surface area contributed by atoms with Crippen molar-refractivity contribution >= 4 is 17.7 Å². The molecule has 14 heavy (non-hydrogen) atoms. The molecule has 3 N–H and O–H groups in total. The molecule has 0 aromatic heterocycles. The number of rotatable bonds is 5. The molecule has 0 spiro atoms. The molecule has 0 saturated carbocycles. The normalized spacial score (nSPS) is 11.1. The van der Waals surface area contributed by atoms with Crippen molar-refractivity contribution in [2.75, 3.05) is 20.6 Å². The lowest BCUT2D eigenvalue weighted by Gasteiger charge is -2.16. The zero-order valence-electron chi connectivity index (χ0n) is 8.36. The first-order valence-corrected chi connectivity index (χ1v) is 4.18. The molecule has 0 aromatic carbocycles. The van der Waals surface area contributed by atoms with E-state index >= 15 is 0 Å². The van der Waals surface area contributed by atoms with E-state index in [2.05, 4.69) is 4.99 Å². The number of nitrogens with zero attached hydrogens (tertiary/aromatic N) is 2. The summed E-state index contributed by atoms with van der Waals surface area (Å²) >= 11 is 0. The van der Waals surface area contributed by atoms with E-state index in [9.17, 15) is 9.59 Å². The first kappa shape index (κ1) is 12.4. The smallest absolute Gasteiger partial charge is 0.372 e. The molecule has 0 heterocycles. The number of aliphatic imine (C=N–C) groups is 1. The summed E-state index contributed by atoms with van der Waals surface area (Å²) in [5, 5.41) is 8.29. The number of hydrogen-bond acceptors (Lipinski definition) is 3. The lowest BCUT2D eigenvalue weighted by Crippen LogP contribution is -2.34. The minimum absolute atomic E-state index is 0.0245. The van der Waals surface area contributed by atoms with Gasteiger partial charge in [-0.2, -0.15) is 0 Å². The highest BCUT2D eigenvalue weighted by Crippen LogP contribution is 1.94. The van der Waals surface area contributed by atoms with E-state index in [1.54, 1.807) is 19.0 Å². The second-order valence-corrected chi connectivity index (χ2v) is 2.84. The van der Waals surface area contributed by atoms with Gasteiger partial charge in [0, 0.05) is 27.1 Å². The third kappa shape index (κ3) is 4.44. The fourth-order valence-electron chi connectivity index (χ4n) is 0.869. The van der Waals surface area contributed by atoms with Crippen LogP contribution in [0.4, 0.5) is 0 Å². The van der Waals surface area contributed by atoms with Crippen molar-refractivity contribution in [3.8, 4) is 0 Å². The summed E-state index contributed by atoms with van der Waals surface area (Å²) in [4.78, 5) is 26.2. The van der Waals surface area contributed by atoms with Crippen LogP contribution in [-0.2, 0) is 9.59 Å². The van der Waals surface area contributed by atoms with Crippen LogP contribution >= 0.6 is 0 Å². The fraction of sp³-hybridized carbons (Fsp3) is 0.625. The molecule has 0 aromatic rings. The van der Waals surface area contributed by atoms with E-state index in [0.717, 1.165) is 0 Å². The molecule has 0 fully saturated rings. The van der Waals surface area contributed by atoms with Gasteiger partial charge in [-0.1, -0.05) is 0 Å². The van der Waals surface area contributed by atoms with Crippen LogP contribution in [0.2, 0.25) is 0 Å². The Morgan fingerprint density at radius 3 is 2.50 bits per heavy atom. The maximum absolute atomic E-state index is 10.7. The standard InChI is InChI=1S/C8H15N3O3/c1-10-8(9)11(2)5-3-4-6(12)7(13)14/h3-5H2,1-2H3,(H2,9,10)(H,13,14). The minimum Gasteiger partial charge on any atom is -0.476 e. The Morgan fingerprint density at radius 2 is 2.07 bits per heavy atom. The third-order valence-electron chi connectivity index (χ3n) is 1.76. The lowest BCUT2D eigenvalue weighted by atomic mass is 10.2. The Hall–Kier alpha value is -1.59. The molecular weight excluding hydrogens is 186 g/mol. The van der Waals surface area contributed by atoms with E-state index in [0.29, 0.717) is 18.9 Å². The molecule has 0 aliphatic rings. The summed E-state index contributed by atoms with van der Waals surface area (Å²) in [6.45, 7) is 0.516. The van der Waals surface area contributed by atoms with Gasteiger partial charge in [-0.15, -0.1) is 0 Å². The number of carboxylic acids is 1. The Labute approximate surface area is 82.4 Å². The van der Waals surface area contributed by atoms with Crippen molar-refractivity contribution in [3.05, 3.63) is 0 Å². The number of hydrogen-bond donors (Lipinski definition) is 2. The van der Waals surface area contributed by atoms with Crippen LogP contribution in [0.5, 0.6) is 0 Å². The summed E-state index contributed by atoms with van der Waals surface area (Å²) < 4.78 is 0. The molecule has 0 saturated heterocycles. The van der Waals surface area contributed by atoms with Crippen molar-refractivity contribution in [3.63, 3.8) is 0 Å². The van der Waals surface area contributed by atoms with Gasteiger partial charge in [0.15, 0.2) is 5.96 Å². The Bertz CT molecular complexity index is 250. The molecule has 0 aliphatic heterocycles. The predicted molar refractivity (Wildman–Crippen MR) is 52.1 cm³/mol. The largest absolute Gasteiger partial charge is 0.476 e. The van der Waals surface area contributed by atoms with Crippen LogP contribution in [0.25, 0.3) is 0 Å². The highest BCUT2D eigenvalue weighted by molar-refractivity contribution is 6.32. The number of carbonyl (C=O) groups is 2. The lowest BCUT2D eigenvalue weighted by molar-refractivity contribution is -0.149. The minimum atomic E-state index is -1.38. The van der Waals surface area contributed by atoms with Gasteiger partial charge in [-0.05, 0) is 6.42 Å². The van der Waals surface area contributed by atoms with E-state index in [4.69, 9.17) is 10.8 Å². The quantitative estimate of drug-likeness (QED) is 0.348. The van der Waals surface area contributed by atoms with Gasteiger partial charge in [0.1, 0.15) is 0 Å².